The van der Waals surface area contributed by atoms with E-state index in [4.69, 9.17) is 9.47 Å². The van der Waals surface area contributed by atoms with Crippen molar-refractivity contribution in [2.24, 2.45) is 5.92 Å². The molecule has 0 radical (unpaired) electrons. The number of phenolic OH excluding ortho intramolecular Hbond substituents is 1. The van der Waals surface area contributed by atoms with Crippen molar-refractivity contribution in [2.45, 2.75) is 38.1 Å². The average molecular weight is 432 g/mol. The summed E-state index contributed by atoms with van der Waals surface area (Å²) in [5.41, 5.74) is 3.14. The van der Waals surface area contributed by atoms with Gasteiger partial charge in [-0.15, -0.1) is 12.4 Å². The Hall–Kier alpha value is -2.51. The Morgan fingerprint density at radius 1 is 1.27 bits per heavy atom. The number of aromatic hydroxyl groups is 1. The van der Waals surface area contributed by atoms with Gasteiger partial charge in [-0.1, -0.05) is 6.07 Å². The number of ether oxygens (including phenoxy) is 2. The molecule has 1 atom stereocenters. The molecule has 2 fully saturated rings. The first kappa shape index (κ1) is 20.8. The van der Waals surface area contributed by atoms with Crippen molar-refractivity contribution in [1.29, 1.82) is 0 Å². The number of benzene rings is 1. The number of nitrogens with one attached hydrogen (secondary N) is 2. The lowest BCUT2D eigenvalue weighted by atomic mass is 9.87. The van der Waals surface area contributed by atoms with Crippen molar-refractivity contribution < 1.29 is 19.4 Å². The van der Waals surface area contributed by atoms with E-state index in [1.807, 2.05) is 12.1 Å². The summed E-state index contributed by atoms with van der Waals surface area (Å²) in [6, 6.07) is 7.29. The van der Waals surface area contributed by atoms with Crippen LogP contribution >= 0.6 is 12.4 Å². The Labute approximate surface area is 181 Å². The number of hydrogen-bond donors (Lipinski definition) is 3. The standard InChI is InChI=1S/C22H25N3O4.ClH/c26-18-4-1-5-19(28-12-13-6-7-13)20(18)17-9-15(14-3-2-8-23-10-14)16-11-24-22(27)29-21(16)25-17;/h1,4-5,9,13-14,23,26H,2-3,6-8,10-12H2,(H,24,27);1H. The molecule has 0 spiro atoms. The molecule has 1 saturated carbocycles. The predicted octanol–water partition coefficient (Wildman–Crippen LogP) is 3.73. The highest BCUT2D eigenvalue weighted by molar-refractivity contribution is 5.85. The number of pyridine rings is 1. The van der Waals surface area contributed by atoms with Crippen LogP contribution in [0.2, 0.25) is 0 Å². The van der Waals surface area contributed by atoms with Crippen LogP contribution in [-0.4, -0.2) is 35.9 Å². The molecule has 3 aliphatic rings. The van der Waals surface area contributed by atoms with Crippen molar-refractivity contribution >= 4 is 18.5 Å². The highest BCUT2D eigenvalue weighted by Crippen LogP contribution is 2.42. The molecule has 3 N–H and O–H groups in total. The maximum atomic E-state index is 11.8. The predicted molar refractivity (Wildman–Crippen MR) is 115 cm³/mol. The lowest BCUT2D eigenvalue weighted by Crippen LogP contribution is -2.34. The van der Waals surface area contributed by atoms with Crippen LogP contribution < -0.4 is 20.1 Å². The van der Waals surface area contributed by atoms with Crippen molar-refractivity contribution in [2.75, 3.05) is 19.7 Å². The minimum atomic E-state index is -0.502. The Bertz CT molecular complexity index is 942. The molecule has 1 aromatic carbocycles. The van der Waals surface area contributed by atoms with Crippen LogP contribution in [0.3, 0.4) is 0 Å². The normalized spacial score (nSPS) is 20.4. The second-order valence-electron chi connectivity index (χ2n) is 8.07. The van der Waals surface area contributed by atoms with Crippen LogP contribution in [0.1, 0.15) is 42.7 Å². The fourth-order valence-electron chi connectivity index (χ4n) is 4.11. The molecule has 1 aliphatic carbocycles. The zero-order valence-electron chi connectivity index (χ0n) is 16.6. The molecule has 8 heteroatoms. The number of amides is 1. The summed E-state index contributed by atoms with van der Waals surface area (Å²) in [6.07, 6.45) is 4.02. The molecule has 1 saturated heterocycles. The molecule has 30 heavy (non-hydrogen) atoms. The molecule has 2 aromatic rings. The van der Waals surface area contributed by atoms with E-state index in [1.54, 1.807) is 12.1 Å². The first-order valence-corrected chi connectivity index (χ1v) is 10.3. The van der Waals surface area contributed by atoms with Crippen molar-refractivity contribution in [3.63, 3.8) is 0 Å². The molecule has 1 aromatic heterocycles. The van der Waals surface area contributed by atoms with E-state index in [9.17, 15) is 9.90 Å². The summed E-state index contributed by atoms with van der Waals surface area (Å²) < 4.78 is 11.4. The zero-order chi connectivity index (χ0) is 19.8. The van der Waals surface area contributed by atoms with Gasteiger partial charge in [0.1, 0.15) is 11.5 Å². The minimum Gasteiger partial charge on any atom is -0.507 e. The Morgan fingerprint density at radius 3 is 2.90 bits per heavy atom. The van der Waals surface area contributed by atoms with Gasteiger partial charge < -0.3 is 25.2 Å². The van der Waals surface area contributed by atoms with Crippen LogP contribution in [0.15, 0.2) is 24.3 Å². The quantitative estimate of drug-likeness (QED) is 0.668. The Kier molecular flexibility index (Phi) is 6.01. The number of hydrogen-bond acceptors (Lipinski definition) is 6. The van der Waals surface area contributed by atoms with Gasteiger partial charge >= 0.3 is 6.09 Å². The number of rotatable bonds is 5. The third kappa shape index (κ3) is 4.18. The molecule has 0 bridgehead atoms. The Balaban J connectivity index is 0.00000218. The van der Waals surface area contributed by atoms with Crippen LogP contribution in [-0.2, 0) is 6.54 Å². The van der Waals surface area contributed by atoms with E-state index in [2.05, 4.69) is 15.6 Å². The van der Waals surface area contributed by atoms with Crippen molar-refractivity contribution in [3.05, 3.63) is 35.4 Å². The van der Waals surface area contributed by atoms with E-state index in [-0.39, 0.29) is 18.2 Å². The van der Waals surface area contributed by atoms with E-state index in [0.29, 0.717) is 47.9 Å². The molecule has 3 heterocycles. The van der Waals surface area contributed by atoms with E-state index < -0.39 is 6.09 Å². The fraction of sp³-hybridized carbons (Fsp3) is 0.455. The monoisotopic (exact) mass is 431 g/mol. The zero-order valence-corrected chi connectivity index (χ0v) is 17.5. The second kappa shape index (κ2) is 8.70. The summed E-state index contributed by atoms with van der Waals surface area (Å²) >= 11 is 0. The molecule has 2 aliphatic heterocycles. The van der Waals surface area contributed by atoms with E-state index >= 15 is 0 Å². The van der Waals surface area contributed by atoms with Crippen molar-refractivity contribution in [3.8, 4) is 28.6 Å². The number of fused-ring (bicyclic) bond motifs is 1. The first-order valence-electron chi connectivity index (χ1n) is 10.3. The van der Waals surface area contributed by atoms with E-state index in [1.165, 1.54) is 12.8 Å². The van der Waals surface area contributed by atoms with Gasteiger partial charge in [0.25, 0.3) is 0 Å². The molecular formula is C22H26ClN3O4. The van der Waals surface area contributed by atoms with Gasteiger partial charge in [0.05, 0.1) is 24.4 Å². The Morgan fingerprint density at radius 2 is 2.13 bits per heavy atom. The number of carbonyl (C=O) groups excluding carboxylic acids is 1. The SMILES string of the molecule is Cl.O=C1NCc2c(C3CCCNC3)cc(-c3c(O)cccc3OCC3CC3)nc2O1. The third-order valence-corrected chi connectivity index (χ3v) is 5.89. The number of piperidine rings is 1. The van der Waals surface area contributed by atoms with Gasteiger partial charge in [-0.2, -0.15) is 0 Å². The number of nitrogens with zero attached hydrogens (tertiary/aromatic N) is 1. The molecular weight excluding hydrogens is 406 g/mol. The second-order valence-corrected chi connectivity index (χ2v) is 8.07. The van der Waals surface area contributed by atoms with Gasteiger partial charge in [0.15, 0.2) is 0 Å². The van der Waals surface area contributed by atoms with Crippen LogP contribution in [0.4, 0.5) is 4.79 Å². The minimum absolute atomic E-state index is 0. The van der Waals surface area contributed by atoms with Crippen molar-refractivity contribution in [1.82, 2.24) is 15.6 Å². The fourth-order valence-corrected chi connectivity index (χ4v) is 4.11. The maximum Gasteiger partial charge on any atom is 0.414 e. The summed E-state index contributed by atoms with van der Waals surface area (Å²) in [5.74, 6) is 1.94. The van der Waals surface area contributed by atoms with Crippen LogP contribution in [0, 0.1) is 5.92 Å². The molecule has 160 valence electrons. The average Bonchev–Trinajstić information content (AvgIpc) is 3.56. The van der Waals surface area contributed by atoms with Gasteiger partial charge in [0, 0.05) is 12.1 Å². The summed E-state index contributed by atoms with van der Waals surface area (Å²) in [6.45, 7) is 2.93. The molecule has 1 unspecified atom stereocenters. The largest absolute Gasteiger partial charge is 0.507 e. The summed E-state index contributed by atoms with van der Waals surface area (Å²) in [5, 5.41) is 16.8. The molecule has 7 nitrogen and oxygen atoms in total. The van der Waals surface area contributed by atoms with E-state index in [0.717, 1.165) is 37.1 Å². The summed E-state index contributed by atoms with van der Waals surface area (Å²) in [4.78, 5) is 16.4. The number of carbonyl (C=O) groups is 1. The lowest BCUT2D eigenvalue weighted by Gasteiger charge is -2.28. The maximum absolute atomic E-state index is 11.8. The number of phenols is 1. The number of halogens is 1. The molecule has 5 rings (SSSR count). The topological polar surface area (TPSA) is 92.7 Å². The smallest absolute Gasteiger partial charge is 0.414 e. The third-order valence-electron chi connectivity index (χ3n) is 5.89. The highest BCUT2D eigenvalue weighted by atomic mass is 35.5. The van der Waals surface area contributed by atoms with Gasteiger partial charge in [-0.25, -0.2) is 9.78 Å². The first-order chi connectivity index (χ1) is 14.2. The lowest BCUT2D eigenvalue weighted by molar-refractivity contribution is 0.192. The van der Waals surface area contributed by atoms with Gasteiger partial charge in [-0.05, 0) is 67.8 Å². The number of aromatic nitrogens is 1. The molecule has 1 amide bonds. The van der Waals surface area contributed by atoms with Crippen LogP contribution in [0.5, 0.6) is 17.4 Å². The van der Waals surface area contributed by atoms with Gasteiger partial charge in [0.2, 0.25) is 5.88 Å². The van der Waals surface area contributed by atoms with Gasteiger partial charge in [-0.3, -0.25) is 0 Å². The highest BCUT2D eigenvalue weighted by Gasteiger charge is 2.29. The summed E-state index contributed by atoms with van der Waals surface area (Å²) in [7, 11) is 0. The van der Waals surface area contributed by atoms with Crippen LogP contribution in [0.25, 0.3) is 11.3 Å².